The van der Waals surface area contributed by atoms with Crippen LogP contribution in [0.25, 0.3) is 0 Å². The molecule has 0 amide bonds. The molecule has 1 aliphatic rings. The number of hydrogen-bond acceptors (Lipinski definition) is 2. The molecule has 0 aromatic heterocycles. The minimum absolute atomic E-state index is 0.138. The summed E-state index contributed by atoms with van der Waals surface area (Å²) in [5, 5.41) is 0. The van der Waals surface area contributed by atoms with Gasteiger partial charge in [-0.05, 0) is 42.7 Å². The Kier molecular flexibility index (Phi) is 3.78. The monoisotopic (exact) mass is 305 g/mol. The molecule has 0 unspecified atom stereocenters. The second-order valence-corrected chi connectivity index (χ2v) is 7.03. The molecule has 0 aliphatic carbocycles. The van der Waals surface area contributed by atoms with Crippen LogP contribution in [0.1, 0.15) is 24.4 Å². The van der Waals surface area contributed by atoms with Gasteiger partial charge in [-0.15, -0.1) is 0 Å². The van der Waals surface area contributed by atoms with Gasteiger partial charge in [-0.25, -0.2) is 12.8 Å². The maximum absolute atomic E-state index is 13.0. The molecule has 0 radical (unpaired) electrons. The predicted octanol–water partition coefficient (Wildman–Crippen LogP) is 3.35. The number of rotatable bonds is 3. The van der Waals surface area contributed by atoms with Crippen molar-refractivity contribution >= 4 is 10.0 Å². The van der Waals surface area contributed by atoms with E-state index in [0.717, 1.165) is 18.4 Å². The maximum atomic E-state index is 13.0. The van der Waals surface area contributed by atoms with Crippen LogP contribution in [0.5, 0.6) is 0 Å². The Morgan fingerprint density at radius 3 is 2.33 bits per heavy atom. The summed E-state index contributed by atoms with van der Waals surface area (Å²) in [7, 11) is -3.59. The van der Waals surface area contributed by atoms with Crippen LogP contribution in [0.4, 0.5) is 4.39 Å². The van der Waals surface area contributed by atoms with Gasteiger partial charge in [0.1, 0.15) is 5.82 Å². The molecule has 1 aliphatic heterocycles. The minimum atomic E-state index is -3.59. The summed E-state index contributed by atoms with van der Waals surface area (Å²) in [4.78, 5) is 0.145. The Bertz CT molecular complexity index is 714. The Morgan fingerprint density at radius 1 is 1.00 bits per heavy atom. The molecular weight excluding hydrogens is 289 g/mol. The standard InChI is InChI=1S/C16H16FNO2S/c17-14-8-10-15(11-9-14)21(19,20)18-12-4-7-16(18)13-5-2-1-3-6-13/h1-3,5-6,8-11,16H,4,7,12H2/t16-/m1/s1. The summed E-state index contributed by atoms with van der Waals surface area (Å²) in [6, 6.07) is 14.5. The number of benzene rings is 2. The molecule has 3 rings (SSSR count). The Morgan fingerprint density at radius 2 is 1.67 bits per heavy atom. The van der Waals surface area contributed by atoms with Crippen LogP contribution in [0.15, 0.2) is 59.5 Å². The fourth-order valence-corrected chi connectivity index (χ4v) is 4.46. The van der Waals surface area contributed by atoms with E-state index in [4.69, 9.17) is 0 Å². The SMILES string of the molecule is O=S(=O)(c1ccc(F)cc1)N1CCC[C@@H]1c1ccccc1. The van der Waals surface area contributed by atoms with Crippen molar-refractivity contribution in [3.05, 3.63) is 66.0 Å². The lowest BCUT2D eigenvalue weighted by Gasteiger charge is -2.24. The van der Waals surface area contributed by atoms with Gasteiger partial charge >= 0.3 is 0 Å². The Hall–Kier alpha value is -1.72. The van der Waals surface area contributed by atoms with E-state index < -0.39 is 15.8 Å². The van der Waals surface area contributed by atoms with E-state index in [1.807, 2.05) is 30.3 Å². The number of sulfonamides is 1. The molecule has 1 fully saturated rings. The molecule has 1 atom stereocenters. The van der Waals surface area contributed by atoms with Crippen molar-refractivity contribution in [3.63, 3.8) is 0 Å². The maximum Gasteiger partial charge on any atom is 0.243 e. The first kappa shape index (κ1) is 14.2. The van der Waals surface area contributed by atoms with Crippen LogP contribution in [-0.4, -0.2) is 19.3 Å². The molecule has 110 valence electrons. The third-order valence-corrected chi connectivity index (χ3v) is 5.73. The lowest BCUT2D eigenvalue weighted by atomic mass is 10.1. The van der Waals surface area contributed by atoms with Crippen molar-refractivity contribution in [2.24, 2.45) is 0 Å². The minimum Gasteiger partial charge on any atom is -0.207 e. The van der Waals surface area contributed by atoms with Crippen molar-refractivity contribution in [1.29, 1.82) is 0 Å². The largest absolute Gasteiger partial charge is 0.243 e. The van der Waals surface area contributed by atoms with E-state index in [1.165, 1.54) is 28.6 Å². The number of halogens is 1. The summed E-state index contributed by atoms with van der Waals surface area (Å²) in [5.41, 5.74) is 1.00. The molecule has 3 nitrogen and oxygen atoms in total. The van der Waals surface area contributed by atoms with Crippen LogP contribution < -0.4 is 0 Å². The lowest BCUT2D eigenvalue weighted by molar-refractivity contribution is 0.396. The summed E-state index contributed by atoms with van der Waals surface area (Å²) in [5.74, 6) is -0.435. The number of nitrogens with zero attached hydrogens (tertiary/aromatic N) is 1. The molecule has 0 bridgehead atoms. The van der Waals surface area contributed by atoms with Gasteiger partial charge < -0.3 is 0 Å². The van der Waals surface area contributed by atoms with Crippen molar-refractivity contribution in [3.8, 4) is 0 Å². The normalized spacial score (nSPS) is 19.8. The van der Waals surface area contributed by atoms with Crippen LogP contribution >= 0.6 is 0 Å². The van der Waals surface area contributed by atoms with E-state index in [-0.39, 0.29) is 10.9 Å². The van der Waals surface area contributed by atoms with Crippen LogP contribution in [0.3, 0.4) is 0 Å². The van der Waals surface area contributed by atoms with Crippen molar-refractivity contribution < 1.29 is 12.8 Å². The molecule has 2 aromatic rings. The zero-order valence-electron chi connectivity index (χ0n) is 11.4. The zero-order valence-corrected chi connectivity index (χ0v) is 12.3. The van der Waals surface area contributed by atoms with Gasteiger partial charge in [-0.3, -0.25) is 0 Å². The summed E-state index contributed by atoms with van der Waals surface area (Å²) in [6.45, 7) is 0.499. The molecule has 0 saturated carbocycles. The quantitative estimate of drug-likeness (QED) is 0.872. The summed E-state index contributed by atoms with van der Waals surface area (Å²) >= 11 is 0. The third-order valence-electron chi connectivity index (χ3n) is 3.81. The van der Waals surface area contributed by atoms with E-state index in [9.17, 15) is 12.8 Å². The van der Waals surface area contributed by atoms with Crippen molar-refractivity contribution in [1.82, 2.24) is 4.31 Å². The molecular formula is C16H16FNO2S. The second-order valence-electron chi connectivity index (χ2n) is 5.14. The van der Waals surface area contributed by atoms with Gasteiger partial charge in [0.25, 0.3) is 0 Å². The van der Waals surface area contributed by atoms with Gasteiger partial charge in [0.15, 0.2) is 0 Å². The second kappa shape index (κ2) is 5.58. The smallest absolute Gasteiger partial charge is 0.207 e. The van der Waals surface area contributed by atoms with Gasteiger partial charge in [-0.2, -0.15) is 4.31 Å². The average Bonchev–Trinajstić information content (AvgIpc) is 2.99. The van der Waals surface area contributed by atoms with Crippen LogP contribution in [-0.2, 0) is 10.0 Å². The summed E-state index contributed by atoms with van der Waals surface area (Å²) in [6.07, 6.45) is 1.64. The van der Waals surface area contributed by atoms with Crippen molar-refractivity contribution in [2.45, 2.75) is 23.8 Å². The van der Waals surface area contributed by atoms with Crippen LogP contribution in [0, 0.1) is 5.82 Å². The van der Waals surface area contributed by atoms with E-state index in [0.29, 0.717) is 6.54 Å². The fraction of sp³-hybridized carbons (Fsp3) is 0.250. The highest BCUT2D eigenvalue weighted by molar-refractivity contribution is 7.89. The third kappa shape index (κ3) is 2.71. The van der Waals surface area contributed by atoms with E-state index in [2.05, 4.69) is 0 Å². The van der Waals surface area contributed by atoms with E-state index in [1.54, 1.807) is 0 Å². The molecule has 1 heterocycles. The topological polar surface area (TPSA) is 37.4 Å². The van der Waals surface area contributed by atoms with E-state index >= 15 is 0 Å². The molecule has 21 heavy (non-hydrogen) atoms. The van der Waals surface area contributed by atoms with Gasteiger partial charge in [-0.1, -0.05) is 30.3 Å². The fourth-order valence-electron chi connectivity index (χ4n) is 2.78. The molecule has 0 spiro atoms. The molecule has 2 aromatic carbocycles. The highest BCUT2D eigenvalue weighted by Crippen LogP contribution is 2.36. The Balaban J connectivity index is 1.96. The summed E-state index contributed by atoms with van der Waals surface area (Å²) < 4.78 is 40.0. The van der Waals surface area contributed by atoms with Gasteiger partial charge in [0, 0.05) is 6.54 Å². The Labute approximate surface area is 124 Å². The van der Waals surface area contributed by atoms with Crippen LogP contribution in [0.2, 0.25) is 0 Å². The highest BCUT2D eigenvalue weighted by Gasteiger charge is 2.35. The zero-order chi connectivity index (χ0) is 14.9. The number of hydrogen-bond donors (Lipinski definition) is 0. The predicted molar refractivity (Wildman–Crippen MR) is 78.7 cm³/mol. The molecule has 0 N–H and O–H groups in total. The first-order chi connectivity index (χ1) is 10.1. The van der Waals surface area contributed by atoms with Crippen molar-refractivity contribution in [2.75, 3.05) is 6.54 Å². The lowest BCUT2D eigenvalue weighted by Crippen LogP contribution is -2.30. The molecule has 5 heteroatoms. The molecule has 1 saturated heterocycles. The van der Waals surface area contributed by atoms with Gasteiger partial charge in [0.05, 0.1) is 10.9 Å². The highest BCUT2D eigenvalue weighted by atomic mass is 32.2. The first-order valence-electron chi connectivity index (χ1n) is 6.91. The average molecular weight is 305 g/mol. The van der Waals surface area contributed by atoms with Gasteiger partial charge in [0.2, 0.25) is 10.0 Å². The first-order valence-corrected chi connectivity index (χ1v) is 8.35.